The van der Waals surface area contributed by atoms with Gasteiger partial charge in [0.05, 0.1) is 10.2 Å². The zero-order valence-corrected chi connectivity index (χ0v) is 14.1. The first-order chi connectivity index (χ1) is 11.1. The molecule has 2 heterocycles. The third-order valence-corrected chi connectivity index (χ3v) is 4.51. The average Bonchev–Trinajstić information content (AvgIpc) is 2.96. The van der Waals surface area contributed by atoms with Crippen LogP contribution in [0.3, 0.4) is 0 Å². The van der Waals surface area contributed by atoms with Gasteiger partial charge in [0.25, 0.3) is 5.91 Å². The number of carbonyl (C=O) groups is 1. The highest BCUT2D eigenvalue weighted by Crippen LogP contribution is 2.18. The summed E-state index contributed by atoms with van der Waals surface area (Å²) < 4.78 is 15.2. The van der Waals surface area contributed by atoms with Crippen LogP contribution in [0.4, 0.5) is 4.39 Å². The summed E-state index contributed by atoms with van der Waals surface area (Å²) in [5, 5.41) is 10.6. The molecule has 2 aromatic rings. The van der Waals surface area contributed by atoms with E-state index in [1.54, 1.807) is 23.0 Å². The molecule has 0 saturated carbocycles. The van der Waals surface area contributed by atoms with Gasteiger partial charge in [0.15, 0.2) is 5.69 Å². The van der Waals surface area contributed by atoms with Crippen LogP contribution in [0.15, 0.2) is 34.9 Å². The number of halogens is 2. The van der Waals surface area contributed by atoms with Gasteiger partial charge in [-0.3, -0.25) is 4.79 Å². The van der Waals surface area contributed by atoms with Crippen LogP contribution in [0.1, 0.15) is 23.3 Å². The van der Waals surface area contributed by atoms with Gasteiger partial charge in [0.2, 0.25) is 0 Å². The lowest BCUT2D eigenvalue weighted by Gasteiger charge is -2.22. The zero-order valence-electron chi connectivity index (χ0n) is 12.6. The second-order valence-electron chi connectivity index (χ2n) is 5.67. The van der Waals surface area contributed by atoms with E-state index < -0.39 is 0 Å². The van der Waals surface area contributed by atoms with Crippen molar-refractivity contribution in [1.29, 1.82) is 0 Å². The molecule has 1 unspecified atom stereocenters. The number of rotatable bonds is 4. The number of amides is 1. The van der Waals surface area contributed by atoms with Gasteiger partial charge in [-0.2, -0.15) is 5.10 Å². The number of carbonyl (C=O) groups excluding carboxylic acids is 1. The Labute approximate surface area is 142 Å². The van der Waals surface area contributed by atoms with Gasteiger partial charge in [0, 0.05) is 12.7 Å². The summed E-state index contributed by atoms with van der Waals surface area (Å²) in [7, 11) is 0. The molecule has 23 heavy (non-hydrogen) atoms. The van der Waals surface area contributed by atoms with Gasteiger partial charge in [-0.05, 0) is 72.0 Å². The molecule has 0 aliphatic carbocycles. The van der Waals surface area contributed by atoms with E-state index in [2.05, 4.69) is 31.7 Å². The zero-order chi connectivity index (χ0) is 16.2. The van der Waals surface area contributed by atoms with Gasteiger partial charge in [-0.15, -0.1) is 0 Å². The van der Waals surface area contributed by atoms with Crippen molar-refractivity contribution < 1.29 is 9.18 Å². The number of nitrogens with one attached hydrogen (secondary N) is 2. The van der Waals surface area contributed by atoms with Crippen molar-refractivity contribution in [3.63, 3.8) is 0 Å². The van der Waals surface area contributed by atoms with E-state index in [4.69, 9.17) is 0 Å². The maximum atomic E-state index is 13.0. The Morgan fingerprint density at radius 1 is 1.43 bits per heavy atom. The van der Waals surface area contributed by atoms with Crippen molar-refractivity contribution in [2.75, 3.05) is 19.6 Å². The molecule has 0 spiro atoms. The van der Waals surface area contributed by atoms with Crippen molar-refractivity contribution in [3.05, 3.63) is 46.4 Å². The highest BCUT2D eigenvalue weighted by atomic mass is 79.9. The molecule has 3 rings (SSSR count). The lowest BCUT2D eigenvalue weighted by atomic mass is 10.00. The maximum Gasteiger partial charge on any atom is 0.272 e. The van der Waals surface area contributed by atoms with E-state index in [1.807, 2.05) is 0 Å². The van der Waals surface area contributed by atoms with E-state index in [-0.39, 0.29) is 11.7 Å². The van der Waals surface area contributed by atoms with Crippen molar-refractivity contribution in [2.45, 2.75) is 12.8 Å². The number of piperidine rings is 1. The topological polar surface area (TPSA) is 59.0 Å². The van der Waals surface area contributed by atoms with Crippen LogP contribution in [0, 0.1) is 11.7 Å². The molecule has 0 bridgehead atoms. The molecule has 122 valence electrons. The van der Waals surface area contributed by atoms with Crippen molar-refractivity contribution >= 4 is 21.8 Å². The molecule has 0 radical (unpaired) electrons. The Balaban J connectivity index is 1.67. The highest BCUT2D eigenvalue weighted by molar-refractivity contribution is 9.10. The van der Waals surface area contributed by atoms with Crippen LogP contribution in [0.2, 0.25) is 0 Å². The Morgan fingerprint density at radius 2 is 2.22 bits per heavy atom. The molecule has 2 N–H and O–H groups in total. The number of nitrogens with zero attached hydrogens (tertiary/aromatic N) is 2. The van der Waals surface area contributed by atoms with Gasteiger partial charge in [-0.1, -0.05) is 0 Å². The number of hydrogen-bond donors (Lipinski definition) is 2. The summed E-state index contributed by atoms with van der Waals surface area (Å²) in [5.74, 6) is -0.0481. The molecular formula is C16H18BrFN4O. The summed E-state index contributed by atoms with van der Waals surface area (Å²) in [6.45, 7) is 2.63. The van der Waals surface area contributed by atoms with Gasteiger partial charge in [-0.25, -0.2) is 9.07 Å². The minimum atomic E-state index is -0.306. The standard InChI is InChI=1S/C16H18BrFN4O/c17-14-10-22(13-5-3-12(18)4-6-13)21-15(14)16(23)20-9-11-2-1-7-19-8-11/h3-6,10-11,19H,1-2,7-9H2,(H,20,23). The summed E-state index contributed by atoms with van der Waals surface area (Å²) in [4.78, 5) is 12.3. The molecule has 1 aliphatic heterocycles. The van der Waals surface area contributed by atoms with E-state index in [0.717, 1.165) is 25.9 Å². The quantitative estimate of drug-likeness (QED) is 0.856. The smallest absolute Gasteiger partial charge is 0.272 e. The van der Waals surface area contributed by atoms with Crippen molar-refractivity contribution in [3.8, 4) is 5.69 Å². The number of hydrogen-bond acceptors (Lipinski definition) is 3. The Morgan fingerprint density at radius 3 is 2.91 bits per heavy atom. The molecule has 7 heteroatoms. The van der Waals surface area contributed by atoms with Crippen LogP contribution < -0.4 is 10.6 Å². The van der Waals surface area contributed by atoms with Crippen LogP contribution in [-0.4, -0.2) is 35.3 Å². The van der Waals surface area contributed by atoms with Crippen molar-refractivity contribution in [2.24, 2.45) is 5.92 Å². The second-order valence-corrected chi connectivity index (χ2v) is 6.52. The fourth-order valence-corrected chi connectivity index (χ4v) is 3.11. The second kappa shape index (κ2) is 7.23. The lowest BCUT2D eigenvalue weighted by Crippen LogP contribution is -2.38. The first kappa shape index (κ1) is 16.1. The molecule has 1 aromatic carbocycles. The highest BCUT2D eigenvalue weighted by Gasteiger charge is 2.18. The number of benzene rings is 1. The van der Waals surface area contributed by atoms with Crippen LogP contribution >= 0.6 is 15.9 Å². The summed E-state index contributed by atoms with van der Waals surface area (Å²) >= 11 is 3.36. The van der Waals surface area contributed by atoms with Crippen molar-refractivity contribution in [1.82, 2.24) is 20.4 Å². The molecular weight excluding hydrogens is 363 g/mol. The molecule has 1 fully saturated rings. The summed E-state index contributed by atoms with van der Waals surface area (Å²) in [5.41, 5.74) is 1.03. The van der Waals surface area contributed by atoms with Crippen LogP contribution in [0.25, 0.3) is 5.69 Å². The maximum absolute atomic E-state index is 13.0. The van der Waals surface area contributed by atoms with E-state index in [0.29, 0.717) is 28.3 Å². The van der Waals surface area contributed by atoms with E-state index in [9.17, 15) is 9.18 Å². The van der Waals surface area contributed by atoms with Crippen LogP contribution in [-0.2, 0) is 0 Å². The summed E-state index contributed by atoms with van der Waals surface area (Å²) in [6.07, 6.45) is 3.96. The first-order valence-electron chi connectivity index (χ1n) is 7.63. The Bertz CT molecular complexity index is 680. The van der Waals surface area contributed by atoms with Gasteiger partial charge >= 0.3 is 0 Å². The number of aromatic nitrogens is 2. The van der Waals surface area contributed by atoms with Gasteiger partial charge < -0.3 is 10.6 Å². The van der Waals surface area contributed by atoms with Crippen LogP contribution in [0.5, 0.6) is 0 Å². The minimum Gasteiger partial charge on any atom is -0.350 e. The Kier molecular flexibility index (Phi) is 5.07. The average molecular weight is 381 g/mol. The summed E-state index contributed by atoms with van der Waals surface area (Å²) in [6, 6.07) is 5.95. The SMILES string of the molecule is O=C(NCC1CCCNC1)c1nn(-c2ccc(F)cc2)cc1Br. The fraction of sp³-hybridized carbons (Fsp3) is 0.375. The lowest BCUT2D eigenvalue weighted by molar-refractivity contribution is 0.0938. The third kappa shape index (κ3) is 3.97. The molecule has 5 nitrogen and oxygen atoms in total. The molecule has 1 saturated heterocycles. The largest absolute Gasteiger partial charge is 0.350 e. The van der Waals surface area contributed by atoms with Gasteiger partial charge in [0.1, 0.15) is 5.82 Å². The monoisotopic (exact) mass is 380 g/mol. The minimum absolute atomic E-state index is 0.205. The third-order valence-electron chi connectivity index (χ3n) is 3.93. The van der Waals surface area contributed by atoms with E-state index >= 15 is 0 Å². The Hall–Kier alpha value is -1.73. The molecule has 1 aliphatic rings. The molecule has 1 atom stereocenters. The normalized spacial score (nSPS) is 17.9. The predicted molar refractivity (Wildman–Crippen MR) is 89.1 cm³/mol. The first-order valence-corrected chi connectivity index (χ1v) is 8.43. The predicted octanol–water partition coefficient (Wildman–Crippen LogP) is 2.50. The molecule has 1 amide bonds. The van der Waals surface area contributed by atoms with E-state index in [1.165, 1.54) is 12.1 Å². The fourth-order valence-electron chi connectivity index (χ4n) is 2.65. The molecule has 1 aromatic heterocycles.